The minimum Gasteiger partial charge on any atom is -0.302 e. The molecule has 4 heteroatoms. The Bertz CT molecular complexity index is 910. The first-order chi connectivity index (χ1) is 12.4. The molecule has 0 atom stereocenters. The molecule has 1 amide bonds. The monoisotopic (exact) mass is 364 g/mol. The predicted octanol–water partition coefficient (Wildman–Crippen LogP) is 5.73. The largest absolute Gasteiger partial charge is 0.302 e. The van der Waals surface area contributed by atoms with Gasteiger partial charge in [0.05, 0.1) is 12.1 Å². The Balaban J connectivity index is 1.67. The number of aryl methyl sites for hydroxylation is 2. The quantitative estimate of drug-likeness (QED) is 0.628. The molecule has 0 fully saturated rings. The van der Waals surface area contributed by atoms with E-state index in [0.29, 0.717) is 17.5 Å². The fraction of sp³-hybridized carbons (Fsp3) is 0.273. The average Bonchev–Trinajstić information content (AvgIpc) is 3.06. The van der Waals surface area contributed by atoms with Gasteiger partial charge in [-0.25, -0.2) is 4.98 Å². The predicted molar refractivity (Wildman–Crippen MR) is 110 cm³/mol. The molecule has 0 aliphatic heterocycles. The summed E-state index contributed by atoms with van der Waals surface area (Å²) in [7, 11) is 0. The lowest BCUT2D eigenvalue weighted by Crippen LogP contribution is -2.14. The minimum atomic E-state index is -0.0343. The van der Waals surface area contributed by atoms with Crippen LogP contribution in [0.2, 0.25) is 0 Å². The molecule has 3 nitrogen and oxygen atoms in total. The number of benzene rings is 2. The fourth-order valence-corrected chi connectivity index (χ4v) is 3.62. The molecule has 0 aliphatic rings. The molecule has 3 aromatic rings. The van der Waals surface area contributed by atoms with Crippen molar-refractivity contribution < 1.29 is 4.79 Å². The van der Waals surface area contributed by atoms with Gasteiger partial charge in [-0.05, 0) is 36.5 Å². The van der Waals surface area contributed by atoms with Crippen molar-refractivity contribution in [1.82, 2.24) is 4.98 Å². The zero-order valence-corrected chi connectivity index (χ0v) is 16.5. The average molecular weight is 365 g/mol. The van der Waals surface area contributed by atoms with E-state index in [4.69, 9.17) is 0 Å². The third-order valence-corrected chi connectivity index (χ3v) is 5.23. The molecule has 26 heavy (non-hydrogen) atoms. The summed E-state index contributed by atoms with van der Waals surface area (Å²) >= 11 is 1.46. The van der Waals surface area contributed by atoms with E-state index < -0.39 is 0 Å². The van der Waals surface area contributed by atoms with E-state index in [2.05, 4.69) is 61.4 Å². The van der Waals surface area contributed by atoms with Crippen LogP contribution in [0.25, 0.3) is 11.3 Å². The van der Waals surface area contributed by atoms with E-state index in [1.165, 1.54) is 22.5 Å². The number of hydrogen-bond acceptors (Lipinski definition) is 3. The Morgan fingerprint density at radius 3 is 2.50 bits per heavy atom. The molecular weight excluding hydrogens is 340 g/mol. The number of anilines is 1. The van der Waals surface area contributed by atoms with Gasteiger partial charge in [-0.3, -0.25) is 4.79 Å². The molecule has 2 aromatic carbocycles. The number of nitrogens with one attached hydrogen (secondary N) is 1. The standard InChI is InChI=1S/C22H24N2OS/c1-14(2)17-7-9-18(10-8-17)20-13-26-22(23-20)24-21(25)12-19-6-5-15(3)11-16(19)4/h5-11,13-14H,12H2,1-4H3,(H,23,24,25). The smallest absolute Gasteiger partial charge is 0.230 e. The lowest BCUT2D eigenvalue weighted by molar-refractivity contribution is -0.115. The fourth-order valence-electron chi connectivity index (χ4n) is 2.88. The second-order valence-corrected chi connectivity index (χ2v) is 7.83. The number of hydrogen-bond donors (Lipinski definition) is 1. The van der Waals surface area contributed by atoms with Crippen LogP contribution in [0, 0.1) is 13.8 Å². The van der Waals surface area contributed by atoms with Crippen molar-refractivity contribution in [3.05, 3.63) is 70.1 Å². The zero-order valence-electron chi connectivity index (χ0n) is 15.7. The number of carbonyl (C=O) groups excluding carboxylic acids is 1. The third kappa shape index (κ3) is 4.38. The van der Waals surface area contributed by atoms with Gasteiger partial charge >= 0.3 is 0 Å². The van der Waals surface area contributed by atoms with Crippen LogP contribution in [0.4, 0.5) is 5.13 Å². The summed E-state index contributed by atoms with van der Waals surface area (Å²) < 4.78 is 0. The molecule has 0 saturated carbocycles. The van der Waals surface area contributed by atoms with Gasteiger partial charge < -0.3 is 5.32 Å². The highest BCUT2D eigenvalue weighted by atomic mass is 32.1. The van der Waals surface area contributed by atoms with Crippen molar-refractivity contribution in [2.75, 3.05) is 5.32 Å². The SMILES string of the molecule is Cc1ccc(CC(=O)Nc2nc(-c3ccc(C(C)C)cc3)cs2)c(C)c1. The van der Waals surface area contributed by atoms with E-state index in [9.17, 15) is 4.79 Å². The van der Waals surface area contributed by atoms with Crippen LogP contribution in [-0.4, -0.2) is 10.9 Å². The van der Waals surface area contributed by atoms with Crippen LogP contribution >= 0.6 is 11.3 Å². The topological polar surface area (TPSA) is 42.0 Å². The van der Waals surface area contributed by atoms with E-state index in [-0.39, 0.29) is 5.91 Å². The van der Waals surface area contributed by atoms with Crippen molar-refractivity contribution in [2.45, 2.75) is 40.0 Å². The van der Waals surface area contributed by atoms with Crippen LogP contribution < -0.4 is 5.32 Å². The molecule has 0 radical (unpaired) electrons. The Kier molecular flexibility index (Phi) is 5.52. The lowest BCUT2D eigenvalue weighted by atomic mass is 10.0. The van der Waals surface area contributed by atoms with E-state index >= 15 is 0 Å². The molecule has 0 unspecified atom stereocenters. The number of thiazole rings is 1. The van der Waals surface area contributed by atoms with Gasteiger partial charge in [0.1, 0.15) is 0 Å². The first-order valence-electron chi connectivity index (χ1n) is 8.84. The third-order valence-electron chi connectivity index (χ3n) is 4.47. The molecule has 0 aliphatic carbocycles. The maximum Gasteiger partial charge on any atom is 0.230 e. The number of carbonyl (C=O) groups is 1. The van der Waals surface area contributed by atoms with Crippen molar-refractivity contribution in [3.8, 4) is 11.3 Å². The normalized spacial score (nSPS) is 11.0. The molecule has 0 saturated heterocycles. The Morgan fingerprint density at radius 2 is 1.85 bits per heavy atom. The molecule has 0 spiro atoms. The minimum absolute atomic E-state index is 0.0343. The van der Waals surface area contributed by atoms with Gasteiger partial charge in [0.25, 0.3) is 0 Å². The molecule has 134 valence electrons. The van der Waals surface area contributed by atoms with Crippen LogP contribution in [0.5, 0.6) is 0 Å². The number of rotatable bonds is 5. The Morgan fingerprint density at radius 1 is 1.12 bits per heavy atom. The van der Waals surface area contributed by atoms with Crippen molar-refractivity contribution in [1.29, 1.82) is 0 Å². The summed E-state index contributed by atoms with van der Waals surface area (Å²) in [5.74, 6) is 0.479. The molecule has 1 aromatic heterocycles. The molecule has 0 bridgehead atoms. The number of aromatic nitrogens is 1. The second-order valence-electron chi connectivity index (χ2n) is 6.97. The van der Waals surface area contributed by atoms with Crippen LogP contribution in [-0.2, 0) is 11.2 Å². The van der Waals surface area contributed by atoms with E-state index in [1.807, 2.05) is 24.4 Å². The summed E-state index contributed by atoms with van der Waals surface area (Å²) in [5, 5.41) is 5.55. The van der Waals surface area contributed by atoms with E-state index in [0.717, 1.165) is 22.4 Å². The van der Waals surface area contributed by atoms with Crippen LogP contribution in [0.3, 0.4) is 0 Å². The highest BCUT2D eigenvalue weighted by molar-refractivity contribution is 7.14. The first-order valence-corrected chi connectivity index (χ1v) is 9.72. The molecular formula is C22H24N2OS. The Labute approximate surface area is 159 Å². The summed E-state index contributed by atoms with van der Waals surface area (Å²) in [6.45, 7) is 8.46. The van der Waals surface area contributed by atoms with Gasteiger partial charge in [0.2, 0.25) is 5.91 Å². The number of amides is 1. The van der Waals surface area contributed by atoms with Gasteiger partial charge in [0, 0.05) is 10.9 Å². The van der Waals surface area contributed by atoms with Crippen LogP contribution in [0.1, 0.15) is 42.0 Å². The zero-order chi connectivity index (χ0) is 18.7. The Hall–Kier alpha value is -2.46. The van der Waals surface area contributed by atoms with Gasteiger partial charge in [-0.2, -0.15) is 0 Å². The van der Waals surface area contributed by atoms with E-state index in [1.54, 1.807) is 0 Å². The molecule has 3 rings (SSSR count). The maximum atomic E-state index is 12.3. The highest BCUT2D eigenvalue weighted by Gasteiger charge is 2.10. The second kappa shape index (κ2) is 7.83. The van der Waals surface area contributed by atoms with Crippen molar-refractivity contribution >= 4 is 22.4 Å². The van der Waals surface area contributed by atoms with Gasteiger partial charge in [0.15, 0.2) is 5.13 Å². The summed E-state index contributed by atoms with van der Waals surface area (Å²) in [5.41, 5.74) is 6.68. The molecule has 1 N–H and O–H groups in total. The maximum absolute atomic E-state index is 12.3. The van der Waals surface area contributed by atoms with Gasteiger partial charge in [-0.1, -0.05) is 61.9 Å². The summed E-state index contributed by atoms with van der Waals surface area (Å²) in [4.78, 5) is 16.9. The van der Waals surface area contributed by atoms with Gasteiger partial charge in [-0.15, -0.1) is 11.3 Å². The van der Waals surface area contributed by atoms with Crippen molar-refractivity contribution in [3.63, 3.8) is 0 Å². The number of nitrogens with zero attached hydrogens (tertiary/aromatic N) is 1. The first kappa shape index (κ1) is 18.3. The summed E-state index contributed by atoms with van der Waals surface area (Å²) in [6, 6.07) is 14.6. The van der Waals surface area contributed by atoms with Crippen LogP contribution in [0.15, 0.2) is 47.8 Å². The van der Waals surface area contributed by atoms with Crippen molar-refractivity contribution in [2.24, 2.45) is 0 Å². The highest BCUT2D eigenvalue weighted by Crippen LogP contribution is 2.26. The summed E-state index contributed by atoms with van der Waals surface area (Å²) in [6.07, 6.45) is 0.365. The lowest BCUT2D eigenvalue weighted by Gasteiger charge is -2.07. The molecule has 1 heterocycles.